The van der Waals surface area contributed by atoms with Crippen LogP contribution in [0.15, 0.2) is 0 Å². The molecule has 0 aromatic carbocycles. The molecule has 0 amide bonds. The predicted octanol–water partition coefficient (Wildman–Crippen LogP) is -0.359. The molecule has 0 aromatic rings. The Morgan fingerprint density at radius 2 is 2.56 bits per heavy atom. The van der Waals surface area contributed by atoms with E-state index in [2.05, 4.69) is 0 Å². The molecular weight excluding hydrogens is 116 g/mol. The van der Waals surface area contributed by atoms with Crippen molar-refractivity contribution in [3.8, 4) is 6.07 Å². The van der Waals surface area contributed by atoms with Crippen LogP contribution in [0.25, 0.3) is 0 Å². The Bertz CT molecular complexity index is 170. The molecule has 1 aliphatic rings. The number of rotatable bonds is 0. The van der Waals surface area contributed by atoms with Crippen LogP contribution in [0.2, 0.25) is 0 Å². The Balaban J connectivity index is 2.61. The summed E-state index contributed by atoms with van der Waals surface area (Å²) in [6.45, 7) is 1.05. The molecule has 0 N–H and O–H groups in total. The Morgan fingerprint density at radius 3 is 2.78 bits per heavy atom. The summed E-state index contributed by atoms with van der Waals surface area (Å²) in [4.78, 5) is 12.6. The first-order valence-electron chi connectivity index (χ1n) is 2.85. The lowest BCUT2D eigenvalue weighted by molar-refractivity contribution is -0.118. The van der Waals surface area contributed by atoms with Gasteiger partial charge in [0, 0.05) is 6.54 Å². The van der Waals surface area contributed by atoms with E-state index in [1.807, 2.05) is 18.0 Å². The van der Waals surface area contributed by atoms with E-state index in [1.54, 1.807) is 0 Å². The summed E-state index contributed by atoms with van der Waals surface area (Å²) in [5, 5.41) is 8.36. The molecule has 1 aliphatic heterocycles. The number of nitriles is 1. The van der Waals surface area contributed by atoms with Gasteiger partial charge in [0.2, 0.25) is 0 Å². The van der Waals surface area contributed by atoms with Crippen LogP contribution in [0.1, 0.15) is 0 Å². The van der Waals surface area contributed by atoms with Crippen LogP contribution in [0.4, 0.5) is 0 Å². The first-order valence-corrected chi connectivity index (χ1v) is 2.85. The van der Waals surface area contributed by atoms with Crippen LogP contribution < -0.4 is 0 Å². The average Bonchev–Trinajstić information content (AvgIpc) is 2.10. The van der Waals surface area contributed by atoms with E-state index in [-0.39, 0.29) is 11.7 Å². The van der Waals surface area contributed by atoms with Gasteiger partial charge in [-0.3, -0.25) is 9.69 Å². The van der Waals surface area contributed by atoms with E-state index < -0.39 is 0 Å². The van der Waals surface area contributed by atoms with Crippen LogP contribution in [0, 0.1) is 17.2 Å². The van der Waals surface area contributed by atoms with Crippen molar-refractivity contribution in [1.29, 1.82) is 5.26 Å². The Morgan fingerprint density at radius 1 is 1.89 bits per heavy atom. The second kappa shape index (κ2) is 2.16. The average molecular weight is 124 g/mol. The molecule has 1 atom stereocenters. The third kappa shape index (κ3) is 1.08. The molecule has 0 aromatic heterocycles. The third-order valence-corrected chi connectivity index (χ3v) is 1.46. The molecular formula is C6H8N2O. The zero-order valence-corrected chi connectivity index (χ0v) is 5.29. The molecule has 0 radical (unpaired) electrons. The summed E-state index contributed by atoms with van der Waals surface area (Å²) < 4.78 is 0. The highest BCUT2D eigenvalue weighted by atomic mass is 16.1. The number of carbonyl (C=O) groups excluding carboxylic acids is 1. The van der Waals surface area contributed by atoms with Gasteiger partial charge in [-0.25, -0.2) is 0 Å². The van der Waals surface area contributed by atoms with Crippen molar-refractivity contribution < 1.29 is 4.79 Å². The number of hydrogen-bond donors (Lipinski definition) is 0. The predicted molar refractivity (Wildman–Crippen MR) is 31.6 cm³/mol. The maximum absolute atomic E-state index is 10.8. The summed E-state index contributed by atoms with van der Waals surface area (Å²) in [7, 11) is 1.84. The number of Topliss-reactive ketones (excluding diaryl/α,β-unsaturated/α-hetero) is 1. The highest BCUT2D eigenvalue weighted by Crippen LogP contribution is 2.08. The highest BCUT2D eigenvalue weighted by molar-refractivity contribution is 5.87. The van der Waals surface area contributed by atoms with E-state index in [9.17, 15) is 4.79 Å². The molecule has 0 saturated carbocycles. The SMILES string of the molecule is CN1CC(=O)[C@@H](C#N)C1. The van der Waals surface area contributed by atoms with Gasteiger partial charge in [0.05, 0.1) is 12.6 Å². The van der Waals surface area contributed by atoms with Crippen molar-refractivity contribution in [2.45, 2.75) is 0 Å². The summed E-state index contributed by atoms with van der Waals surface area (Å²) in [6, 6.07) is 1.95. The van der Waals surface area contributed by atoms with E-state index in [0.29, 0.717) is 13.1 Å². The quantitative estimate of drug-likeness (QED) is 0.443. The summed E-state index contributed by atoms with van der Waals surface area (Å²) >= 11 is 0. The molecule has 9 heavy (non-hydrogen) atoms. The minimum atomic E-state index is -0.366. The van der Waals surface area contributed by atoms with Gasteiger partial charge in [0.25, 0.3) is 0 Å². The van der Waals surface area contributed by atoms with E-state index >= 15 is 0 Å². The minimum absolute atomic E-state index is 0.0556. The van der Waals surface area contributed by atoms with E-state index in [1.165, 1.54) is 0 Å². The van der Waals surface area contributed by atoms with Gasteiger partial charge < -0.3 is 0 Å². The zero-order valence-electron chi connectivity index (χ0n) is 5.29. The number of carbonyl (C=O) groups is 1. The number of likely N-dealkylation sites (N-methyl/N-ethyl adjacent to an activating group) is 1. The fourth-order valence-electron chi connectivity index (χ4n) is 0.967. The number of likely N-dealkylation sites (tertiary alicyclic amines) is 1. The van der Waals surface area contributed by atoms with E-state index in [4.69, 9.17) is 5.26 Å². The molecule has 3 nitrogen and oxygen atoms in total. The molecule has 3 heteroatoms. The monoisotopic (exact) mass is 124 g/mol. The number of hydrogen-bond acceptors (Lipinski definition) is 3. The number of ketones is 1. The molecule has 0 aliphatic carbocycles. The van der Waals surface area contributed by atoms with Crippen molar-refractivity contribution in [3.63, 3.8) is 0 Å². The molecule has 0 spiro atoms. The molecule has 1 saturated heterocycles. The standard InChI is InChI=1S/C6H8N2O/c1-8-3-5(2-7)6(9)4-8/h5H,3-4H2,1H3/t5-/m0/s1. The van der Waals surface area contributed by atoms with Crippen LogP contribution in [-0.4, -0.2) is 30.8 Å². The number of nitrogens with zero attached hydrogens (tertiary/aromatic N) is 2. The molecule has 48 valence electrons. The van der Waals surface area contributed by atoms with Crippen LogP contribution >= 0.6 is 0 Å². The van der Waals surface area contributed by atoms with Crippen LogP contribution in [-0.2, 0) is 4.79 Å². The van der Waals surface area contributed by atoms with Gasteiger partial charge in [-0.15, -0.1) is 0 Å². The molecule has 0 unspecified atom stereocenters. The maximum atomic E-state index is 10.8. The summed E-state index contributed by atoms with van der Waals surface area (Å²) in [6.07, 6.45) is 0. The molecule has 0 bridgehead atoms. The summed E-state index contributed by atoms with van der Waals surface area (Å²) in [5.41, 5.74) is 0. The van der Waals surface area contributed by atoms with Crippen molar-refractivity contribution in [2.75, 3.05) is 20.1 Å². The fourth-order valence-corrected chi connectivity index (χ4v) is 0.967. The van der Waals surface area contributed by atoms with Gasteiger partial charge in [0.1, 0.15) is 5.92 Å². The van der Waals surface area contributed by atoms with Gasteiger partial charge in [-0.2, -0.15) is 5.26 Å². The Labute approximate surface area is 53.9 Å². The smallest absolute Gasteiger partial charge is 0.165 e. The van der Waals surface area contributed by atoms with Crippen molar-refractivity contribution in [1.82, 2.24) is 4.90 Å². The largest absolute Gasteiger partial charge is 0.297 e. The molecule has 1 rings (SSSR count). The minimum Gasteiger partial charge on any atom is -0.297 e. The van der Waals surface area contributed by atoms with Crippen molar-refractivity contribution in [3.05, 3.63) is 0 Å². The first-order chi connectivity index (χ1) is 4.24. The van der Waals surface area contributed by atoms with Crippen LogP contribution in [0.3, 0.4) is 0 Å². The van der Waals surface area contributed by atoms with Gasteiger partial charge in [-0.1, -0.05) is 0 Å². The van der Waals surface area contributed by atoms with Crippen molar-refractivity contribution >= 4 is 5.78 Å². The highest BCUT2D eigenvalue weighted by Gasteiger charge is 2.27. The topological polar surface area (TPSA) is 44.1 Å². The third-order valence-electron chi connectivity index (χ3n) is 1.46. The maximum Gasteiger partial charge on any atom is 0.165 e. The Hall–Kier alpha value is -0.880. The lowest BCUT2D eigenvalue weighted by Crippen LogP contribution is -2.13. The van der Waals surface area contributed by atoms with Crippen LogP contribution in [0.5, 0.6) is 0 Å². The normalized spacial score (nSPS) is 28.4. The van der Waals surface area contributed by atoms with Gasteiger partial charge >= 0.3 is 0 Å². The molecule has 1 heterocycles. The van der Waals surface area contributed by atoms with Gasteiger partial charge in [-0.05, 0) is 7.05 Å². The van der Waals surface area contributed by atoms with E-state index in [0.717, 1.165) is 0 Å². The van der Waals surface area contributed by atoms with Crippen molar-refractivity contribution in [2.24, 2.45) is 5.92 Å². The lowest BCUT2D eigenvalue weighted by atomic mass is 10.1. The van der Waals surface area contributed by atoms with Gasteiger partial charge in [0.15, 0.2) is 5.78 Å². The summed E-state index contributed by atoms with van der Waals surface area (Å²) in [5.74, 6) is -0.310. The Kier molecular flexibility index (Phi) is 1.50. The fraction of sp³-hybridized carbons (Fsp3) is 0.667. The molecule has 1 fully saturated rings. The first kappa shape index (κ1) is 6.24. The second-order valence-corrected chi connectivity index (χ2v) is 2.34. The zero-order chi connectivity index (χ0) is 6.85. The second-order valence-electron chi connectivity index (χ2n) is 2.34. The lowest BCUT2D eigenvalue weighted by Gasteiger charge is -2.00.